The van der Waals surface area contributed by atoms with Gasteiger partial charge in [0.2, 0.25) is 5.89 Å². The molecule has 0 fully saturated rings. The molecule has 0 saturated carbocycles. The zero-order valence-corrected chi connectivity index (χ0v) is 21.9. The topological polar surface area (TPSA) is 94.3 Å². The van der Waals surface area contributed by atoms with Gasteiger partial charge in [-0.25, -0.2) is 4.98 Å². The summed E-state index contributed by atoms with van der Waals surface area (Å²) in [6, 6.07) is 25.4. The van der Waals surface area contributed by atoms with E-state index in [1.54, 1.807) is 0 Å². The number of oxazole rings is 1. The van der Waals surface area contributed by atoms with Gasteiger partial charge in [0.05, 0.1) is 24.6 Å². The highest BCUT2D eigenvalue weighted by Gasteiger charge is 2.10. The van der Waals surface area contributed by atoms with Crippen LogP contribution in [0, 0.1) is 0 Å². The van der Waals surface area contributed by atoms with E-state index in [1.165, 1.54) is 0 Å². The molecule has 0 atom stereocenters. The number of rotatable bonds is 15. The summed E-state index contributed by atoms with van der Waals surface area (Å²) in [6.45, 7) is 4.49. The van der Waals surface area contributed by atoms with Gasteiger partial charge in [-0.15, -0.1) is 0 Å². The Morgan fingerprint density at radius 2 is 1.28 bits per heavy atom. The van der Waals surface area contributed by atoms with Crippen molar-refractivity contribution in [3.05, 3.63) is 103 Å². The number of hydrogen-bond donors (Lipinski definition) is 2. The number of aromatic nitrogens is 3. The quantitative estimate of drug-likeness (QED) is 0.176. The first-order chi connectivity index (χ1) is 19.3. The minimum atomic E-state index is 0.575. The lowest BCUT2D eigenvalue weighted by Gasteiger charge is -2.07. The normalized spacial score (nSPS) is 11.1. The van der Waals surface area contributed by atoms with Gasteiger partial charge < -0.3 is 24.5 Å². The highest BCUT2D eigenvalue weighted by molar-refractivity contribution is 5.77. The number of pyridine rings is 2. The Morgan fingerprint density at radius 3 is 1.90 bits per heavy atom. The van der Waals surface area contributed by atoms with Crippen molar-refractivity contribution in [3.8, 4) is 23.0 Å². The van der Waals surface area contributed by atoms with Gasteiger partial charge >= 0.3 is 0 Å². The molecule has 5 aromatic rings. The van der Waals surface area contributed by atoms with E-state index in [9.17, 15) is 0 Å². The van der Waals surface area contributed by atoms with E-state index in [0.717, 1.165) is 73.0 Å². The first-order valence-corrected chi connectivity index (χ1v) is 13.3. The Morgan fingerprint density at radius 1 is 0.667 bits per heavy atom. The maximum absolute atomic E-state index is 6.03. The molecular weight excluding hydrogens is 490 g/mol. The average Bonchev–Trinajstić information content (AvgIpc) is 3.42. The number of nitrogens with zero attached hydrogens (tertiary/aromatic N) is 3. The molecule has 8 nitrogen and oxygen atoms in total. The van der Waals surface area contributed by atoms with Crippen LogP contribution < -0.4 is 20.1 Å². The molecule has 0 saturated heterocycles. The molecular formula is C31H33N5O3. The van der Waals surface area contributed by atoms with Crippen LogP contribution in [0.25, 0.3) is 22.6 Å². The second kappa shape index (κ2) is 14.0. The Labute approximate surface area is 228 Å². The van der Waals surface area contributed by atoms with Gasteiger partial charge in [0.1, 0.15) is 17.0 Å². The number of benzene rings is 2. The second-order valence-corrected chi connectivity index (χ2v) is 9.07. The Hall–Kier alpha value is -4.27. The highest BCUT2D eigenvalue weighted by atomic mass is 16.5. The fourth-order valence-corrected chi connectivity index (χ4v) is 4.02. The number of nitrogens with one attached hydrogen (secondary N) is 2. The summed E-state index contributed by atoms with van der Waals surface area (Å²) in [4.78, 5) is 13.2. The van der Waals surface area contributed by atoms with Crippen LogP contribution in [0.4, 0.5) is 0 Å². The van der Waals surface area contributed by atoms with E-state index in [4.69, 9.17) is 13.9 Å². The van der Waals surface area contributed by atoms with Crippen LogP contribution in [-0.4, -0.2) is 41.3 Å². The first-order valence-electron chi connectivity index (χ1n) is 13.3. The van der Waals surface area contributed by atoms with Gasteiger partial charge in [0.25, 0.3) is 0 Å². The minimum absolute atomic E-state index is 0.575. The SMILES string of the molecule is c1ccc(CNCCCOc2ccc(-c3nc4ccc(OCCCNCc5ccccn5)cc4o3)cc2)nc1. The fourth-order valence-electron chi connectivity index (χ4n) is 4.02. The molecule has 0 radical (unpaired) electrons. The average molecular weight is 524 g/mol. The van der Waals surface area contributed by atoms with Crippen LogP contribution in [0.3, 0.4) is 0 Å². The van der Waals surface area contributed by atoms with Gasteiger partial charge in [-0.2, -0.15) is 0 Å². The lowest BCUT2D eigenvalue weighted by atomic mass is 10.2. The third-order valence-electron chi connectivity index (χ3n) is 6.06. The minimum Gasteiger partial charge on any atom is -0.494 e. The van der Waals surface area contributed by atoms with Crippen molar-refractivity contribution in [1.29, 1.82) is 0 Å². The standard InChI is InChI=1S/C31H33N5O3/c1-3-17-34-25(7-1)22-32-15-5-19-37-27-11-9-24(10-12-27)31-36-29-14-13-28(21-30(29)39-31)38-20-6-16-33-23-26-8-2-4-18-35-26/h1-4,7-14,17-18,21,32-33H,5-6,15-16,19-20,22-23H2. The summed E-state index contributed by atoms with van der Waals surface area (Å²) in [5.74, 6) is 2.17. The van der Waals surface area contributed by atoms with Crippen LogP contribution in [0.15, 0.2) is 95.7 Å². The maximum atomic E-state index is 6.03. The van der Waals surface area contributed by atoms with Gasteiger partial charge in [0.15, 0.2) is 5.58 Å². The summed E-state index contributed by atoms with van der Waals surface area (Å²) in [5.41, 5.74) is 4.48. The zero-order valence-electron chi connectivity index (χ0n) is 21.9. The highest BCUT2D eigenvalue weighted by Crippen LogP contribution is 2.28. The van der Waals surface area contributed by atoms with Gasteiger partial charge in [-0.1, -0.05) is 12.1 Å². The molecule has 0 aliphatic carbocycles. The third kappa shape index (κ3) is 8.10. The zero-order chi connectivity index (χ0) is 26.5. The maximum Gasteiger partial charge on any atom is 0.227 e. The molecule has 5 rings (SSSR count). The molecule has 0 aliphatic rings. The fraction of sp³-hybridized carbons (Fsp3) is 0.258. The molecule has 0 amide bonds. The van der Waals surface area contributed by atoms with E-state index in [2.05, 4.69) is 25.6 Å². The molecule has 0 unspecified atom stereocenters. The van der Waals surface area contributed by atoms with Crippen LogP contribution in [-0.2, 0) is 13.1 Å². The molecule has 0 aliphatic heterocycles. The summed E-state index contributed by atoms with van der Waals surface area (Å²) < 4.78 is 17.8. The van der Waals surface area contributed by atoms with Crippen molar-refractivity contribution in [2.24, 2.45) is 0 Å². The van der Waals surface area contributed by atoms with Crippen LogP contribution in [0.2, 0.25) is 0 Å². The molecule has 8 heteroatoms. The molecule has 3 heterocycles. The van der Waals surface area contributed by atoms with Crippen LogP contribution in [0.1, 0.15) is 24.2 Å². The van der Waals surface area contributed by atoms with Crippen LogP contribution in [0.5, 0.6) is 11.5 Å². The van der Waals surface area contributed by atoms with Crippen molar-refractivity contribution < 1.29 is 13.9 Å². The summed E-state index contributed by atoms with van der Waals surface area (Å²) in [5, 5.41) is 6.77. The number of ether oxygens (including phenoxy) is 2. The molecule has 2 aromatic carbocycles. The van der Waals surface area contributed by atoms with Crippen molar-refractivity contribution in [1.82, 2.24) is 25.6 Å². The van der Waals surface area contributed by atoms with Crippen molar-refractivity contribution in [2.75, 3.05) is 26.3 Å². The molecule has 3 aromatic heterocycles. The summed E-state index contributed by atoms with van der Waals surface area (Å²) in [6.07, 6.45) is 5.42. The summed E-state index contributed by atoms with van der Waals surface area (Å²) >= 11 is 0. The van der Waals surface area contributed by atoms with Crippen molar-refractivity contribution in [3.63, 3.8) is 0 Å². The lowest BCUT2D eigenvalue weighted by molar-refractivity contribution is 0.308. The second-order valence-electron chi connectivity index (χ2n) is 9.07. The van der Waals surface area contributed by atoms with E-state index in [-0.39, 0.29) is 0 Å². The first kappa shape index (κ1) is 26.3. The molecule has 200 valence electrons. The largest absolute Gasteiger partial charge is 0.494 e. The molecule has 39 heavy (non-hydrogen) atoms. The van der Waals surface area contributed by atoms with Gasteiger partial charge in [0, 0.05) is 37.1 Å². The summed E-state index contributed by atoms with van der Waals surface area (Å²) in [7, 11) is 0. The van der Waals surface area contributed by atoms with E-state index in [0.29, 0.717) is 24.7 Å². The number of hydrogen-bond acceptors (Lipinski definition) is 8. The lowest BCUT2D eigenvalue weighted by Crippen LogP contribution is -2.17. The van der Waals surface area contributed by atoms with Crippen LogP contribution >= 0.6 is 0 Å². The Balaban J connectivity index is 1.03. The molecule has 2 N–H and O–H groups in total. The van der Waals surface area contributed by atoms with E-state index >= 15 is 0 Å². The molecule has 0 bridgehead atoms. The van der Waals surface area contributed by atoms with Crippen molar-refractivity contribution >= 4 is 11.1 Å². The number of fused-ring (bicyclic) bond motifs is 1. The van der Waals surface area contributed by atoms with Crippen molar-refractivity contribution in [2.45, 2.75) is 25.9 Å². The smallest absolute Gasteiger partial charge is 0.227 e. The van der Waals surface area contributed by atoms with Gasteiger partial charge in [-0.3, -0.25) is 9.97 Å². The Kier molecular flexibility index (Phi) is 9.48. The van der Waals surface area contributed by atoms with E-state index < -0.39 is 0 Å². The molecule has 0 spiro atoms. The third-order valence-corrected chi connectivity index (χ3v) is 6.06. The van der Waals surface area contributed by atoms with Gasteiger partial charge in [-0.05, 0) is 86.6 Å². The Bertz CT molecular complexity index is 1410. The monoisotopic (exact) mass is 523 g/mol. The van der Waals surface area contributed by atoms with E-state index in [1.807, 2.05) is 91.3 Å². The predicted molar refractivity (Wildman–Crippen MR) is 152 cm³/mol. The predicted octanol–water partition coefficient (Wildman–Crippen LogP) is 5.40.